The highest BCUT2D eigenvalue weighted by molar-refractivity contribution is 7.98. The number of aromatic amines is 1. The van der Waals surface area contributed by atoms with Gasteiger partial charge in [-0.3, -0.25) is 14.4 Å². The van der Waals surface area contributed by atoms with Crippen molar-refractivity contribution in [1.29, 1.82) is 0 Å². The summed E-state index contributed by atoms with van der Waals surface area (Å²) in [5.41, 5.74) is -0.338. The molecule has 0 fully saturated rings. The van der Waals surface area contributed by atoms with Gasteiger partial charge in [-0.05, 0) is 29.8 Å². The molecule has 1 aliphatic heterocycles. The summed E-state index contributed by atoms with van der Waals surface area (Å²) in [6.45, 7) is 0. The smallest absolute Gasteiger partial charge is 0.257 e. The molecule has 32 heavy (non-hydrogen) atoms. The number of rotatable bonds is 5. The SMILES string of the molecule is O=C1CC(C(=O)Nc2cc(F)ccc2F)c2c(nc(SCc3ccc(F)cc3)[nH]c2=O)N1. The molecule has 164 valence electrons. The summed E-state index contributed by atoms with van der Waals surface area (Å²) in [5.74, 6) is -4.33. The summed E-state index contributed by atoms with van der Waals surface area (Å²) >= 11 is 1.15. The summed E-state index contributed by atoms with van der Waals surface area (Å²) in [6.07, 6.45) is -0.359. The third-order valence-electron chi connectivity index (χ3n) is 4.72. The van der Waals surface area contributed by atoms with E-state index in [0.717, 1.165) is 35.5 Å². The average Bonchev–Trinajstić information content (AvgIpc) is 2.75. The van der Waals surface area contributed by atoms with Crippen LogP contribution in [0.2, 0.25) is 0 Å². The minimum atomic E-state index is -1.24. The van der Waals surface area contributed by atoms with Gasteiger partial charge in [0, 0.05) is 18.2 Å². The number of carbonyl (C=O) groups excluding carboxylic acids is 2. The minimum absolute atomic E-state index is 0.0773. The highest BCUT2D eigenvalue weighted by Gasteiger charge is 2.35. The molecule has 11 heteroatoms. The van der Waals surface area contributed by atoms with Gasteiger partial charge in [0.15, 0.2) is 5.16 Å². The molecule has 1 atom stereocenters. The normalized spacial score (nSPS) is 15.1. The van der Waals surface area contributed by atoms with Crippen LogP contribution in [0.5, 0.6) is 0 Å². The maximum atomic E-state index is 13.9. The summed E-state index contributed by atoms with van der Waals surface area (Å²) in [4.78, 5) is 44.3. The fraction of sp³-hybridized carbons (Fsp3) is 0.143. The lowest BCUT2D eigenvalue weighted by molar-refractivity contribution is -0.123. The Morgan fingerprint density at radius 1 is 1.09 bits per heavy atom. The maximum Gasteiger partial charge on any atom is 0.257 e. The Bertz CT molecular complexity index is 1260. The van der Waals surface area contributed by atoms with Gasteiger partial charge in [-0.25, -0.2) is 18.2 Å². The topological polar surface area (TPSA) is 104 Å². The van der Waals surface area contributed by atoms with Crippen LogP contribution in [0.15, 0.2) is 52.4 Å². The van der Waals surface area contributed by atoms with E-state index in [2.05, 4.69) is 20.6 Å². The van der Waals surface area contributed by atoms with Crippen LogP contribution < -0.4 is 16.2 Å². The molecule has 7 nitrogen and oxygen atoms in total. The number of benzene rings is 2. The molecular formula is C21H15F3N4O3S. The Kier molecular flexibility index (Phi) is 5.99. The number of nitrogens with one attached hydrogen (secondary N) is 3. The van der Waals surface area contributed by atoms with Crippen molar-refractivity contribution in [3.8, 4) is 0 Å². The number of nitrogens with zero attached hydrogens (tertiary/aromatic N) is 1. The standard InChI is InChI=1S/C21H15F3N4O3S/c22-11-3-1-10(2-4-11)9-32-21-27-18-17(20(31)28-21)13(8-16(29)26-18)19(30)25-15-7-12(23)5-6-14(15)24/h1-7,13H,8-9H2,(H,25,30)(H2,26,27,28,29,31). The zero-order valence-electron chi connectivity index (χ0n) is 16.2. The number of thioether (sulfide) groups is 1. The van der Waals surface area contributed by atoms with Crippen LogP contribution in [0, 0.1) is 17.5 Å². The molecule has 1 aliphatic rings. The lowest BCUT2D eigenvalue weighted by Gasteiger charge is -2.23. The molecule has 4 rings (SSSR count). The Hall–Kier alpha value is -3.60. The fourth-order valence-electron chi connectivity index (χ4n) is 3.19. The molecule has 1 aromatic heterocycles. The molecule has 3 N–H and O–H groups in total. The molecule has 3 aromatic rings. The van der Waals surface area contributed by atoms with Crippen LogP contribution >= 0.6 is 11.8 Å². The second kappa shape index (κ2) is 8.87. The molecule has 1 unspecified atom stereocenters. The minimum Gasteiger partial charge on any atom is -0.323 e. The van der Waals surface area contributed by atoms with E-state index in [1.165, 1.54) is 12.1 Å². The number of anilines is 2. The first kappa shape index (κ1) is 21.6. The molecule has 0 aliphatic carbocycles. The third-order valence-corrected chi connectivity index (χ3v) is 5.67. The predicted molar refractivity (Wildman–Crippen MR) is 112 cm³/mol. The predicted octanol–water partition coefficient (Wildman–Crippen LogP) is 3.54. The Morgan fingerprint density at radius 3 is 2.56 bits per heavy atom. The van der Waals surface area contributed by atoms with E-state index in [9.17, 15) is 27.6 Å². The van der Waals surface area contributed by atoms with Crippen LogP contribution in [-0.2, 0) is 15.3 Å². The first-order chi connectivity index (χ1) is 15.3. The van der Waals surface area contributed by atoms with Crippen molar-refractivity contribution < 1.29 is 22.8 Å². The van der Waals surface area contributed by atoms with Crippen LogP contribution in [0.3, 0.4) is 0 Å². The van der Waals surface area contributed by atoms with E-state index in [1.54, 1.807) is 12.1 Å². The summed E-state index contributed by atoms with van der Waals surface area (Å²) in [6, 6.07) is 8.35. The number of H-pyrrole nitrogens is 1. The first-order valence-corrected chi connectivity index (χ1v) is 10.4. The van der Waals surface area contributed by atoms with Crippen molar-refractivity contribution in [1.82, 2.24) is 9.97 Å². The van der Waals surface area contributed by atoms with Crippen LogP contribution in [0.1, 0.15) is 23.5 Å². The quantitative estimate of drug-likeness (QED) is 0.399. The van der Waals surface area contributed by atoms with Gasteiger partial charge in [0.25, 0.3) is 5.56 Å². The second-order valence-electron chi connectivity index (χ2n) is 6.97. The van der Waals surface area contributed by atoms with Crippen molar-refractivity contribution in [3.63, 3.8) is 0 Å². The molecule has 0 saturated heterocycles. The number of hydrogen-bond acceptors (Lipinski definition) is 5. The Labute approximate surface area is 183 Å². The van der Waals surface area contributed by atoms with Crippen LogP contribution in [-0.4, -0.2) is 21.8 Å². The molecule has 0 saturated carbocycles. The van der Waals surface area contributed by atoms with Crippen LogP contribution in [0.25, 0.3) is 0 Å². The number of hydrogen-bond donors (Lipinski definition) is 3. The molecule has 0 spiro atoms. The molecular weight excluding hydrogens is 445 g/mol. The average molecular weight is 460 g/mol. The van der Waals surface area contributed by atoms with Crippen molar-refractivity contribution in [2.75, 3.05) is 10.6 Å². The highest BCUT2D eigenvalue weighted by Crippen LogP contribution is 2.31. The number of halogens is 3. The largest absolute Gasteiger partial charge is 0.323 e. The van der Waals surface area contributed by atoms with Gasteiger partial charge in [0.1, 0.15) is 23.3 Å². The van der Waals surface area contributed by atoms with Gasteiger partial charge < -0.3 is 15.6 Å². The number of amides is 2. The van der Waals surface area contributed by atoms with E-state index >= 15 is 0 Å². The number of aromatic nitrogens is 2. The van der Waals surface area contributed by atoms with Gasteiger partial charge in [-0.2, -0.15) is 0 Å². The first-order valence-electron chi connectivity index (χ1n) is 9.37. The van der Waals surface area contributed by atoms with Crippen molar-refractivity contribution in [2.45, 2.75) is 23.2 Å². The monoisotopic (exact) mass is 460 g/mol. The van der Waals surface area contributed by atoms with E-state index in [0.29, 0.717) is 5.75 Å². The molecule has 0 bridgehead atoms. The van der Waals surface area contributed by atoms with E-state index in [1.807, 2.05) is 0 Å². The van der Waals surface area contributed by atoms with Gasteiger partial charge >= 0.3 is 0 Å². The third kappa shape index (κ3) is 4.67. The number of carbonyl (C=O) groups is 2. The lowest BCUT2D eigenvalue weighted by Crippen LogP contribution is -2.36. The van der Waals surface area contributed by atoms with E-state index in [4.69, 9.17) is 0 Å². The summed E-state index contributed by atoms with van der Waals surface area (Å²) in [5, 5.41) is 4.88. The van der Waals surface area contributed by atoms with E-state index in [-0.39, 0.29) is 28.8 Å². The molecule has 2 aromatic carbocycles. The maximum absolute atomic E-state index is 13.9. The van der Waals surface area contributed by atoms with Gasteiger partial charge in [0.05, 0.1) is 17.2 Å². The summed E-state index contributed by atoms with van der Waals surface area (Å²) < 4.78 is 40.3. The van der Waals surface area contributed by atoms with Crippen molar-refractivity contribution in [2.24, 2.45) is 0 Å². The summed E-state index contributed by atoms with van der Waals surface area (Å²) in [7, 11) is 0. The highest BCUT2D eigenvalue weighted by atomic mass is 32.2. The molecule has 2 heterocycles. The Balaban J connectivity index is 1.58. The van der Waals surface area contributed by atoms with Gasteiger partial charge in [0.2, 0.25) is 11.8 Å². The van der Waals surface area contributed by atoms with Crippen molar-refractivity contribution in [3.05, 3.63) is 81.4 Å². The lowest BCUT2D eigenvalue weighted by atomic mass is 9.92. The van der Waals surface area contributed by atoms with Gasteiger partial charge in [-0.1, -0.05) is 23.9 Å². The second-order valence-corrected chi connectivity index (χ2v) is 7.93. The zero-order chi connectivity index (χ0) is 22.8. The fourth-order valence-corrected chi connectivity index (χ4v) is 4.00. The van der Waals surface area contributed by atoms with Crippen molar-refractivity contribution >= 4 is 35.1 Å². The molecule has 2 amide bonds. The van der Waals surface area contributed by atoms with Crippen LogP contribution in [0.4, 0.5) is 24.7 Å². The van der Waals surface area contributed by atoms with E-state index < -0.39 is 40.6 Å². The zero-order valence-corrected chi connectivity index (χ0v) is 17.1. The number of fused-ring (bicyclic) bond motifs is 1. The van der Waals surface area contributed by atoms with Gasteiger partial charge in [-0.15, -0.1) is 0 Å². The Morgan fingerprint density at radius 2 is 1.81 bits per heavy atom. The molecule has 0 radical (unpaired) electrons.